The number of fused-ring (bicyclic) bond motifs is 1. The number of aromatic nitrogens is 2. The highest BCUT2D eigenvalue weighted by molar-refractivity contribution is 5.79. The van der Waals surface area contributed by atoms with Gasteiger partial charge in [-0.2, -0.15) is 0 Å². The van der Waals surface area contributed by atoms with E-state index in [1.807, 2.05) is 44.6 Å². The van der Waals surface area contributed by atoms with Gasteiger partial charge in [0.2, 0.25) is 5.91 Å². The van der Waals surface area contributed by atoms with Gasteiger partial charge in [-0.1, -0.05) is 6.07 Å². The minimum Gasteiger partial charge on any atom is -0.490 e. The van der Waals surface area contributed by atoms with Gasteiger partial charge in [-0.3, -0.25) is 4.79 Å². The predicted molar refractivity (Wildman–Crippen MR) is 99.5 cm³/mol. The lowest BCUT2D eigenvalue weighted by Crippen LogP contribution is -2.36. The fourth-order valence-electron chi connectivity index (χ4n) is 3.32. The summed E-state index contributed by atoms with van der Waals surface area (Å²) < 4.78 is 13.4. The molecule has 1 aromatic carbocycles. The molecule has 0 spiro atoms. The number of hydrogen-bond donors (Lipinski definition) is 1. The van der Waals surface area contributed by atoms with Crippen molar-refractivity contribution in [2.45, 2.75) is 39.7 Å². The molecule has 3 rings (SSSR count). The Labute approximate surface area is 154 Å². The number of rotatable bonds is 8. The zero-order chi connectivity index (χ0) is 18.4. The van der Waals surface area contributed by atoms with Gasteiger partial charge in [-0.05, 0) is 44.4 Å². The third kappa shape index (κ3) is 4.36. The van der Waals surface area contributed by atoms with Crippen molar-refractivity contribution in [3.8, 4) is 11.5 Å². The molecular weight excluding hydrogens is 330 g/mol. The lowest BCUT2D eigenvalue weighted by atomic mass is 9.95. The molecule has 140 valence electrons. The second-order valence-electron chi connectivity index (χ2n) is 6.46. The molecule has 0 bridgehead atoms. The molecule has 6 heteroatoms. The van der Waals surface area contributed by atoms with Crippen molar-refractivity contribution in [2.75, 3.05) is 19.8 Å². The van der Waals surface area contributed by atoms with Crippen LogP contribution >= 0.6 is 0 Å². The number of benzene rings is 1. The van der Waals surface area contributed by atoms with E-state index in [1.54, 1.807) is 0 Å². The van der Waals surface area contributed by atoms with E-state index in [1.165, 1.54) is 0 Å². The summed E-state index contributed by atoms with van der Waals surface area (Å²) in [6.07, 6.45) is 6.10. The van der Waals surface area contributed by atoms with Crippen molar-refractivity contribution in [2.24, 2.45) is 5.92 Å². The van der Waals surface area contributed by atoms with Crippen LogP contribution in [0, 0.1) is 5.92 Å². The van der Waals surface area contributed by atoms with Gasteiger partial charge in [0.05, 0.1) is 19.5 Å². The predicted octanol–water partition coefficient (Wildman–Crippen LogP) is 2.60. The van der Waals surface area contributed by atoms with Gasteiger partial charge in [-0.25, -0.2) is 4.98 Å². The van der Waals surface area contributed by atoms with Crippen LogP contribution in [0.15, 0.2) is 30.7 Å². The van der Waals surface area contributed by atoms with Crippen LogP contribution in [0.4, 0.5) is 0 Å². The first kappa shape index (κ1) is 18.3. The maximum Gasteiger partial charge on any atom is 0.223 e. The molecular formula is C20H27N3O3. The Bertz CT molecular complexity index is 742. The van der Waals surface area contributed by atoms with Crippen molar-refractivity contribution in [3.05, 3.63) is 42.0 Å². The van der Waals surface area contributed by atoms with Gasteiger partial charge in [0.1, 0.15) is 0 Å². The molecule has 0 fully saturated rings. The van der Waals surface area contributed by atoms with E-state index in [2.05, 4.69) is 14.9 Å². The highest BCUT2D eigenvalue weighted by atomic mass is 16.5. The van der Waals surface area contributed by atoms with E-state index in [-0.39, 0.29) is 11.8 Å². The standard InChI is InChI=1S/C20H27N3O3/c1-3-25-18-6-5-15(11-19(18)26-4-2)7-9-22-20(24)16-8-10-23-14-21-13-17(23)12-16/h5-6,11,13-14,16H,3-4,7-10,12H2,1-2H3,(H,22,24). The molecule has 1 aliphatic rings. The summed E-state index contributed by atoms with van der Waals surface area (Å²) >= 11 is 0. The van der Waals surface area contributed by atoms with Crippen LogP contribution < -0.4 is 14.8 Å². The van der Waals surface area contributed by atoms with E-state index in [4.69, 9.17) is 9.47 Å². The fraction of sp³-hybridized carbons (Fsp3) is 0.500. The molecule has 2 heterocycles. The number of carbonyl (C=O) groups is 1. The second kappa shape index (κ2) is 8.74. The smallest absolute Gasteiger partial charge is 0.223 e. The third-order valence-electron chi connectivity index (χ3n) is 4.66. The SMILES string of the molecule is CCOc1ccc(CCNC(=O)C2CCn3cncc3C2)cc1OCC. The molecule has 1 unspecified atom stereocenters. The van der Waals surface area contributed by atoms with Crippen LogP contribution in [0.1, 0.15) is 31.5 Å². The van der Waals surface area contributed by atoms with Crippen LogP contribution in [0.2, 0.25) is 0 Å². The van der Waals surface area contributed by atoms with Crippen molar-refractivity contribution in [3.63, 3.8) is 0 Å². The Morgan fingerprint density at radius 2 is 2.08 bits per heavy atom. The average molecular weight is 357 g/mol. The molecule has 26 heavy (non-hydrogen) atoms. The summed E-state index contributed by atoms with van der Waals surface area (Å²) in [4.78, 5) is 16.6. The fourth-order valence-corrected chi connectivity index (χ4v) is 3.32. The summed E-state index contributed by atoms with van der Waals surface area (Å²) in [7, 11) is 0. The van der Waals surface area contributed by atoms with E-state index in [9.17, 15) is 4.79 Å². The van der Waals surface area contributed by atoms with Crippen LogP contribution in [0.3, 0.4) is 0 Å². The average Bonchev–Trinajstić information content (AvgIpc) is 3.12. The highest BCUT2D eigenvalue weighted by Crippen LogP contribution is 2.28. The number of imidazole rings is 1. The molecule has 1 atom stereocenters. The van der Waals surface area contributed by atoms with Gasteiger partial charge < -0.3 is 19.4 Å². The summed E-state index contributed by atoms with van der Waals surface area (Å²) in [5.41, 5.74) is 2.27. The van der Waals surface area contributed by atoms with Gasteiger partial charge in [0.25, 0.3) is 0 Å². The Morgan fingerprint density at radius 1 is 1.27 bits per heavy atom. The highest BCUT2D eigenvalue weighted by Gasteiger charge is 2.24. The van der Waals surface area contributed by atoms with Crippen LogP contribution in [-0.2, 0) is 24.2 Å². The zero-order valence-corrected chi connectivity index (χ0v) is 15.5. The quantitative estimate of drug-likeness (QED) is 0.789. The maximum atomic E-state index is 12.4. The molecule has 2 aromatic rings. The Hall–Kier alpha value is -2.50. The van der Waals surface area contributed by atoms with Gasteiger partial charge in [-0.15, -0.1) is 0 Å². The summed E-state index contributed by atoms with van der Waals surface area (Å²) in [6.45, 7) is 6.60. The van der Waals surface area contributed by atoms with Gasteiger partial charge in [0, 0.05) is 37.3 Å². The van der Waals surface area contributed by atoms with Gasteiger partial charge >= 0.3 is 0 Å². The molecule has 1 aromatic heterocycles. The summed E-state index contributed by atoms with van der Waals surface area (Å²) in [5.74, 6) is 1.70. The number of ether oxygens (including phenoxy) is 2. The van der Waals surface area contributed by atoms with E-state index >= 15 is 0 Å². The molecule has 0 aliphatic carbocycles. The van der Waals surface area contributed by atoms with Crippen molar-refractivity contribution in [1.82, 2.24) is 14.9 Å². The topological polar surface area (TPSA) is 65.4 Å². The second-order valence-corrected chi connectivity index (χ2v) is 6.46. The van der Waals surface area contributed by atoms with E-state index < -0.39 is 0 Å². The van der Waals surface area contributed by atoms with Crippen molar-refractivity contribution >= 4 is 5.91 Å². The lowest BCUT2D eigenvalue weighted by Gasteiger charge is -2.23. The van der Waals surface area contributed by atoms with Crippen LogP contribution in [0.25, 0.3) is 0 Å². The maximum absolute atomic E-state index is 12.4. The number of amides is 1. The summed E-state index contributed by atoms with van der Waals surface area (Å²) in [5, 5.41) is 3.07. The lowest BCUT2D eigenvalue weighted by molar-refractivity contribution is -0.125. The van der Waals surface area contributed by atoms with Crippen molar-refractivity contribution in [1.29, 1.82) is 0 Å². The third-order valence-corrected chi connectivity index (χ3v) is 4.66. The largest absolute Gasteiger partial charge is 0.490 e. The Balaban J connectivity index is 1.51. The number of nitrogens with zero attached hydrogens (tertiary/aromatic N) is 2. The molecule has 1 amide bonds. The minimum atomic E-state index is 0.0403. The first-order valence-corrected chi connectivity index (χ1v) is 9.36. The molecule has 1 N–H and O–H groups in total. The van der Waals surface area contributed by atoms with Gasteiger partial charge in [0.15, 0.2) is 11.5 Å². The minimum absolute atomic E-state index is 0.0403. The monoisotopic (exact) mass is 357 g/mol. The Morgan fingerprint density at radius 3 is 2.88 bits per heavy atom. The first-order chi connectivity index (χ1) is 12.7. The normalized spacial score (nSPS) is 16.0. The number of nitrogens with one attached hydrogen (secondary N) is 1. The number of hydrogen-bond acceptors (Lipinski definition) is 4. The zero-order valence-electron chi connectivity index (χ0n) is 15.5. The molecule has 0 saturated heterocycles. The van der Waals surface area contributed by atoms with Crippen molar-refractivity contribution < 1.29 is 14.3 Å². The molecule has 1 aliphatic heterocycles. The molecule has 0 radical (unpaired) electrons. The first-order valence-electron chi connectivity index (χ1n) is 9.36. The summed E-state index contributed by atoms with van der Waals surface area (Å²) in [6, 6.07) is 5.96. The Kier molecular flexibility index (Phi) is 6.15. The molecule has 6 nitrogen and oxygen atoms in total. The van der Waals surface area contributed by atoms with Crippen LogP contribution in [-0.4, -0.2) is 35.2 Å². The number of aryl methyl sites for hydroxylation is 1. The van der Waals surface area contributed by atoms with Crippen LogP contribution in [0.5, 0.6) is 11.5 Å². The number of carbonyl (C=O) groups excluding carboxylic acids is 1. The van der Waals surface area contributed by atoms with E-state index in [0.29, 0.717) is 19.8 Å². The molecule has 0 saturated carbocycles. The van der Waals surface area contributed by atoms with E-state index in [0.717, 1.165) is 48.6 Å².